The lowest BCUT2D eigenvalue weighted by molar-refractivity contribution is -0.130. The molecular weight excluding hydrogens is 709 g/mol. The van der Waals surface area contributed by atoms with Crippen molar-refractivity contribution in [2.45, 2.75) is 117 Å². The molecule has 1 saturated heterocycles. The number of primary amides is 1. The van der Waals surface area contributed by atoms with Crippen LogP contribution in [0.3, 0.4) is 0 Å². The van der Waals surface area contributed by atoms with Crippen molar-refractivity contribution in [1.29, 1.82) is 0 Å². The van der Waals surface area contributed by atoms with Gasteiger partial charge in [0.1, 0.15) is 5.75 Å². The van der Waals surface area contributed by atoms with Crippen LogP contribution in [0.1, 0.15) is 105 Å². The van der Waals surface area contributed by atoms with Gasteiger partial charge in [-0.15, -0.1) is 0 Å². The van der Waals surface area contributed by atoms with Gasteiger partial charge in [0, 0.05) is 54.4 Å². The normalized spacial score (nSPS) is 18.5. The number of nitrogens with two attached hydrogens (primary N) is 1. The van der Waals surface area contributed by atoms with E-state index in [0.717, 1.165) is 25.8 Å². The number of aryl methyl sites for hydroxylation is 1. The molecule has 1 aromatic heterocycles. The lowest BCUT2D eigenvalue weighted by atomic mass is 10.1. The smallest absolute Gasteiger partial charge is 0.317 e. The molecule has 6 N–H and O–H groups in total. The summed E-state index contributed by atoms with van der Waals surface area (Å²) in [5.74, 6) is 1.61. The van der Waals surface area contributed by atoms with Gasteiger partial charge in [-0.1, -0.05) is 45.8 Å². The topological polar surface area (TPSA) is 187 Å². The molecule has 0 bridgehead atoms. The molecule has 2 aromatic rings. The number of aromatic nitrogens is 1. The Hall–Kier alpha value is -4.20. The maximum Gasteiger partial charge on any atom is 0.317 e. The van der Waals surface area contributed by atoms with Gasteiger partial charge in [-0.25, -0.2) is 4.79 Å². The molecule has 3 atom stereocenters. The summed E-state index contributed by atoms with van der Waals surface area (Å²) in [4.78, 5) is 61.3. The Balaban J connectivity index is 0.000000383. The average Bonchev–Trinajstić information content (AvgIpc) is 4.05. The fourth-order valence-electron chi connectivity index (χ4n) is 5.41. The number of nitrogens with one attached hydrogen (secondary N) is 3. The minimum Gasteiger partial charge on any atom is -0.508 e. The Kier molecular flexibility index (Phi) is 22.1. The standard InChI is InChI=1S/C15H25NOS.C12H13NO3.C10H19N3O2.C2H6.CH3NO/c1-3-4-5-6-7-8-12-11-13(12)14(17)16-18-15(2)9-10-15;1-3-16-11-6-10(15)8-4-5-9(14)7(2)12(8)13-11;1-8-5-4-6-13(8)9(14)7-11-10(15)12(2)3;1-2;2-1-3/h7-8,12-13H,3-6,9-11H2,1-2H3,(H,16,17);4-6,14H,3H2,1-2H3,(H,13,15);8H,4-7H2,1-3H3,(H,11,15);1-2H3;1H,(H2,2,3)/b8-7-;;;;/t;;8-;;/m..1../s1. The highest BCUT2D eigenvalue weighted by molar-refractivity contribution is 7.99. The van der Waals surface area contributed by atoms with Gasteiger partial charge in [0.25, 0.3) is 0 Å². The number of aromatic amines is 1. The summed E-state index contributed by atoms with van der Waals surface area (Å²) in [5.41, 5.74) is 5.33. The Morgan fingerprint density at radius 2 is 1.85 bits per heavy atom. The van der Waals surface area contributed by atoms with E-state index in [1.54, 1.807) is 39.0 Å². The van der Waals surface area contributed by atoms with Gasteiger partial charge >= 0.3 is 6.03 Å². The summed E-state index contributed by atoms with van der Waals surface area (Å²) in [6.07, 6.45) is 15.5. The second-order valence-electron chi connectivity index (χ2n) is 13.8. The second kappa shape index (κ2) is 25.0. The number of carbonyl (C=O) groups excluding carboxylic acids is 4. The van der Waals surface area contributed by atoms with Crippen molar-refractivity contribution in [3.63, 3.8) is 0 Å². The van der Waals surface area contributed by atoms with Gasteiger partial charge in [-0.2, -0.15) is 0 Å². The number of amides is 5. The molecule has 1 aliphatic heterocycles. The predicted molar refractivity (Wildman–Crippen MR) is 219 cm³/mol. The number of H-pyrrole nitrogens is 1. The van der Waals surface area contributed by atoms with Crippen molar-refractivity contribution in [3.05, 3.63) is 46.1 Å². The molecule has 5 rings (SSSR count). The predicted octanol–water partition coefficient (Wildman–Crippen LogP) is 6.41. The molecule has 3 fully saturated rings. The molecule has 0 spiro atoms. The fourth-order valence-corrected chi connectivity index (χ4v) is 6.21. The SMILES string of the molecule is CC.CCCCC/C=C\C1CC1C(=O)NSC1(C)CC1.CCOc1cc(=O)c2ccc(O)c(C)c2[nH]1.C[C@@H]1CCCN1C(=O)CNC(=O)N(C)C.NC=O. The Morgan fingerprint density at radius 3 is 2.41 bits per heavy atom. The van der Waals surface area contributed by atoms with E-state index in [-0.39, 0.29) is 47.9 Å². The first-order valence-electron chi connectivity index (χ1n) is 19.2. The van der Waals surface area contributed by atoms with Crippen molar-refractivity contribution in [2.75, 3.05) is 33.8 Å². The number of pyridine rings is 1. The van der Waals surface area contributed by atoms with E-state index in [2.05, 4.69) is 46.8 Å². The summed E-state index contributed by atoms with van der Waals surface area (Å²) in [6, 6.07) is 4.63. The van der Waals surface area contributed by atoms with Crippen LogP contribution < -0.4 is 25.9 Å². The molecule has 54 heavy (non-hydrogen) atoms. The van der Waals surface area contributed by atoms with E-state index in [9.17, 15) is 24.3 Å². The van der Waals surface area contributed by atoms with Crippen LogP contribution in [0.2, 0.25) is 0 Å². The van der Waals surface area contributed by atoms with Gasteiger partial charge in [-0.05, 0) is 103 Å². The van der Waals surface area contributed by atoms with E-state index < -0.39 is 0 Å². The van der Waals surface area contributed by atoms with Crippen molar-refractivity contribution in [2.24, 2.45) is 17.6 Å². The molecule has 13 nitrogen and oxygen atoms in total. The first-order chi connectivity index (χ1) is 25.7. The van der Waals surface area contributed by atoms with Crippen LogP contribution in [0, 0.1) is 18.8 Å². The van der Waals surface area contributed by atoms with Crippen LogP contribution in [0.15, 0.2) is 35.1 Å². The summed E-state index contributed by atoms with van der Waals surface area (Å²) >= 11 is 1.63. The first-order valence-corrected chi connectivity index (χ1v) is 20.1. The number of hydrogen-bond acceptors (Lipinski definition) is 8. The number of phenols is 1. The zero-order valence-electron chi connectivity index (χ0n) is 34.0. The van der Waals surface area contributed by atoms with Gasteiger partial charge in [-0.3, -0.25) is 23.9 Å². The molecule has 5 amide bonds. The number of ether oxygens (including phenoxy) is 1. The molecular formula is C40H66N6O7S. The lowest BCUT2D eigenvalue weighted by Gasteiger charge is -2.22. The number of benzene rings is 1. The molecule has 3 aliphatic rings. The fraction of sp³-hybridized carbons (Fsp3) is 0.625. The largest absolute Gasteiger partial charge is 0.508 e. The number of nitrogens with zero attached hydrogens (tertiary/aromatic N) is 2. The number of likely N-dealkylation sites (tertiary alicyclic amines) is 1. The monoisotopic (exact) mass is 774 g/mol. The van der Waals surface area contributed by atoms with Crippen molar-refractivity contribution < 1.29 is 29.0 Å². The summed E-state index contributed by atoms with van der Waals surface area (Å²) in [7, 11) is 3.30. The molecule has 2 aliphatic carbocycles. The minimum absolute atomic E-state index is 0.00944. The van der Waals surface area contributed by atoms with Crippen molar-refractivity contribution in [3.8, 4) is 11.6 Å². The zero-order valence-corrected chi connectivity index (χ0v) is 34.8. The average molecular weight is 775 g/mol. The number of phenolic OH excluding ortho intramolecular Hbond substituents is 1. The van der Waals surface area contributed by atoms with E-state index in [0.29, 0.717) is 45.7 Å². The van der Waals surface area contributed by atoms with E-state index >= 15 is 0 Å². The molecule has 0 radical (unpaired) electrons. The van der Waals surface area contributed by atoms with Crippen LogP contribution >= 0.6 is 11.9 Å². The molecule has 2 saturated carbocycles. The number of fused-ring (bicyclic) bond motifs is 1. The number of hydrogen-bond donors (Lipinski definition) is 5. The number of aromatic hydroxyl groups is 1. The quantitative estimate of drug-likeness (QED) is 0.0708. The van der Waals surface area contributed by atoms with Crippen LogP contribution in [0.25, 0.3) is 10.9 Å². The minimum atomic E-state index is -0.227. The summed E-state index contributed by atoms with van der Waals surface area (Å²) in [5, 5.41) is 12.7. The van der Waals surface area contributed by atoms with Gasteiger partial charge in [0.2, 0.25) is 18.2 Å². The molecule has 2 unspecified atom stereocenters. The van der Waals surface area contributed by atoms with Crippen LogP contribution in [-0.4, -0.2) is 88.7 Å². The van der Waals surface area contributed by atoms with Crippen molar-refractivity contribution >= 4 is 47.1 Å². The maximum atomic E-state index is 11.9. The number of carbonyl (C=O) groups is 4. The second-order valence-corrected chi connectivity index (χ2v) is 15.2. The Bertz CT molecular complexity index is 1560. The zero-order chi connectivity index (χ0) is 40.8. The third-order valence-electron chi connectivity index (χ3n) is 9.07. The van der Waals surface area contributed by atoms with Gasteiger partial charge in [0.05, 0.1) is 18.7 Å². The Labute approximate surface area is 326 Å². The first kappa shape index (κ1) is 47.8. The van der Waals surface area contributed by atoms with Crippen molar-refractivity contribution in [1.82, 2.24) is 24.8 Å². The number of urea groups is 1. The maximum absolute atomic E-state index is 11.9. The van der Waals surface area contributed by atoms with Gasteiger partial charge < -0.3 is 35.7 Å². The molecule has 304 valence electrons. The number of allylic oxidation sites excluding steroid dienone is 2. The molecule has 14 heteroatoms. The van der Waals surface area contributed by atoms with E-state index in [1.165, 1.54) is 55.6 Å². The third-order valence-corrected chi connectivity index (χ3v) is 10.3. The molecule has 1 aromatic carbocycles. The number of unbranched alkanes of at least 4 members (excludes halogenated alkanes) is 3. The highest BCUT2D eigenvalue weighted by Gasteiger charge is 2.44. The molecule has 2 heterocycles. The highest BCUT2D eigenvalue weighted by atomic mass is 32.2. The van der Waals surface area contributed by atoms with E-state index in [4.69, 9.17) is 9.53 Å². The van der Waals surface area contributed by atoms with Crippen LogP contribution in [-0.2, 0) is 14.4 Å². The highest BCUT2D eigenvalue weighted by Crippen LogP contribution is 2.47. The lowest BCUT2D eigenvalue weighted by Crippen LogP contribution is -2.44. The third kappa shape index (κ3) is 16.9. The van der Waals surface area contributed by atoms with Gasteiger partial charge in [0.15, 0.2) is 11.3 Å². The summed E-state index contributed by atoms with van der Waals surface area (Å²) in [6.45, 7) is 15.5. The van der Waals surface area contributed by atoms with Crippen LogP contribution in [0.5, 0.6) is 11.6 Å². The van der Waals surface area contributed by atoms with E-state index in [1.807, 2.05) is 32.6 Å². The van der Waals surface area contributed by atoms with Crippen LogP contribution in [0.4, 0.5) is 4.79 Å². The Morgan fingerprint density at radius 1 is 1.19 bits per heavy atom. The summed E-state index contributed by atoms with van der Waals surface area (Å²) < 4.78 is 8.63. The number of rotatable bonds is 12.